The third kappa shape index (κ3) is 15.6. The summed E-state index contributed by atoms with van der Waals surface area (Å²) >= 11 is 0. The van der Waals surface area contributed by atoms with Gasteiger partial charge in [0.15, 0.2) is 0 Å². The number of aryl methyl sites for hydroxylation is 1. The monoisotopic (exact) mass is 578 g/mol. The molecule has 0 unspecified atom stereocenters. The van der Waals surface area contributed by atoms with Crippen LogP contribution >= 0.6 is 0 Å². The molecule has 0 aliphatic heterocycles. The predicted molar refractivity (Wildman–Crippen MR) is 105 cm³/mol. The van der Waals surface area contributed by atoms with Gasteiger partial charge in [-0.3, -0.25) is 19.7 Å². The standard InChI is InChI=1S/C10H8N2.C8H9NO2.3CO.Re/c1-3-7-11-9(5-1)10-6-2-4-8-12-10;10-8(11)2-1-7-3-5-9-6-4-7;3*1-2;/h1-8H;3-6H,1-2H2,(H,10,11);;;;/q;;3*-1;. The SMILES string of the molecule is O=C(O)CCc1ccncc1.[C-]=O.[C-]=O.[C-]=O.[Re].c1ccc(-c2ccccn2)nc1. The molecule has 0 fully saturated rings. The van der Waals surface area contributed by atoms with E-state index in [9.17, 15) is 4.79 Å². The van der Waals surface area contributed by atoms with Crippen molar-refractivity contribution in [2.75, 3.05) is 0 Å². The molecule has 0 saturated heterocycles. The smallest absolute Gasteiger partial charge is 0.303 e. The van der Waals surface area contributed by atoms with Crippen molar-refractivity contribution in [3.8, 4) is 11.4 Å². The van der Waals surface area contributed by atoms with Crippen molar-refractivity contribution in [1.82, 2.24) is 15.0 Å². The number of aromatic nitrogens is 3. The van der Waals surface area contributed by atoms with Crippen LogP contribution in [0.5, 0.6) is 0 Å². The Morgan fingerprint density at radius 3 is 1.50 bits per heavy atom. The van der Waals surface area contributed by atoms with Crippen molar-refractivity contribution >= 4 is 26.3 Å². The topological polar surface area (TPSA) is 127 Å². The average Bonchev–Trinajstić information content (AvgIpc) is 2.84. The van der Waals surface area contributed by atoms with E-state index in [1.54, 1.807) is 24.8 Å². The van der Waals surface area contributed by atoms with Crippen LogP contribution in [0.4, 0.5) is 0 Å². The molecule has 0 aromatic carbocycles. The fourth-order valence-corrected chi connectivity index (χ4v) is 1.83. The van der Waals surface area contributed by atoms with Gasteiger partial charge in [-0.25, -0.2) is 0 Å². The molecular formula is C21H17N3O5Re-3. The number of carboxylic acids is 1. The molecule has 9 heteroatoms. The van der Waals surface area contributed by atoms with Gasteiger partial charge in [-0.1, -0.05) is 12.1 Å². The molecule has 0 amide bonds. The summed E-state index contributed by atoms with van der Waals surface area (Å²) in [4.78, 5) is 44.9. The van der Waals surface area contributed by atoms with E-state index in [4.69, 9.17) is 19.5 Å². The molecule has 0 aliphatic carbocycles. The first-order valence-electron chi connectivity index (χ1n) is 7.80. The summed E-state index contributed by atoms with van der Waals surface area (Å²) in [7, 11) is 0. The largest absolute Gasteiger partial charge is 0.573 e. The van der Waals surface area contributed by atoms with Crippen molar-refractivity contribution in [2.24, 2.45) is 0 Å². The minimum Gasteiger partial charge on any atom is -0.573 e. The molecule has 4 radical (unpaired) electrons. The van der Waals surface area contributed by atoms with Crippen LogP contribution in [-0.2, 0) is 46.0 Å². The van der Waals surface area contributed by atoms with Crippen LogP contribution < -0.4 is 0 Å². The van der Waals surface area contributed by atoms with Crippen molar-refractivity contribution < 1.29 is 44.7 Å². The number of carbonyl (C=O) groups is 1. The zero-order valence-electron chi connectivity index (χ0n) is 15.6. The molecule has 0 spiro atoms. The number of carboxylic acid groups (broad SMARTS) is 1. The average molecular weight is 578 g/mol. The van der Waals surface area contributed by atoms with Gasteiger partial charge in [0, 0.05) is 51.6 Å². The van der Waals surface area contributed by atoms with E-state index in [1.807, 2.05) is 48.5 Å². The number of rotatable bonds is 4. The predicted octanol–water partition coefficient (Wildman–Crippen LogP) is 2.05. The summed E-state index contributed by atoms with van der Waals surface area (Å²) in [6.07, 6.45) is 7.63. The maximum atomic E-state index is 10.2. The summed E-state index contributed by atoms with van der Waals surface area (Å²) in [5.74, 6) is -0.762. The van der Waals surface area contributed by atoms with Gasteiger partial charge in [0.2, 0.25) is 0 Å². The molecule has 0 aliphatic rings. The number of pyridine rings is 3. The van der Waals surface area contributed by atoms with Crippen LogP contribution in [0.15, 0.2) is 73.3 Å². The quantitative estimate of drug-likeness (QED) is 0.467. The first-order valence-corrected chi connectivity index (χ1v) is 7.80. The normalized spacial score (nSPS) is 7.73. The van der Waals surface area contributed by atoms with Crippen LogP contribution in [0.3, 0.4) is 0 Å². The van der Waals surface area contributed by atoms with Crippen molar-refractivity contribution in [2.45, 2.75) is 12.8 Å². The molecular weight excluding hydrogens is 560 g/mol. The summed E-state index contributed by atoms with van der Waals surface area (Å²) in [5, 5.41) is 8.36. The van der Waals surface area contributed by atoms with Crippen LogP contribution in [0, 0.1) is 0 Å². The van der Waals surface area contributed by atoms with Gasteiger partial charge in [-0.05, 0) is 48.4 Å². The second kappa shape index (κ2) is 23.6. The molecule has 0 bridgehead atoms. The van der Waals surface area contributed by atoms with Gasteiger partial charge in [0.05, 0.1) is 11.4 Å². The maximum Gasteiger partial charge on any atom is 0.303 e. The Morgan fingerprint density at radius 1 is 0.733 bits per heavy atom. The minimum absolute atomic E-state index is 0. The van der Waals surface area contributed by atoms with Crippen LogP contribution in [0.1, 0.15) is 12.0 Å². The molecule has 3 heterocycles. The Hall–Kier alpha value is -3.41. The third-order valence-electron chi connectivity index (χ3n) is 2.97. The molecule has 3 rings (SSSR count). The van der Waals surface area contributed by atoms with Gasteiger partial charge in [0.25, 0.3) is 0 Å². The molecule has 8 nitrogen and oxygen atoms in total. The van der Waals surface area contributed by atoms with E-state index in [1.165, 1.54) is 0 Å². The third-order valence-corrected chi connectivity index (χ3v) is 2.97. The Morgan fingerprint density at radius 2 is 1.17 bits per heavy atom. The van der Waals surface area contributed by atoms with E-state index < -0.39 is 5.97 Å². The Bertz CT molecular complexity index is 723. The van der Waals surface area contributed by atoms with Crippen LogP contribution in [0.2, 0.25) is 0 Å². The van der Waals surface area contributed by atoms with Crippen LogP contribution in [-0.4, -0.2) is 46.4 Å². The summed E-state index contributed by atoms with van der Waals surface area (Å²) in [5.41, 5.74) is 2.85. The molecule has 0 saturated carbocycles. The van der Waals surface area contributed by atoms with Gasteiger partial charge in [0.1, 0.15) is 0 Å². The maximum absolute atomic E-state index is 10.2. The zero-order chi connectivity index (χ0) is 22.3. The first-order chi connectivity index (χ1) is 14.3. The molecule has 1 N–H and O–H groups in total. The van der Waals surface area contributed by atoms with E-state index in [2.05, 4.69) is 35.3 Å². The second-order valence-corrected chi connectivity index (χ2v) is 4.68. The Labute approximate surface area is 189 Å². The minimum atomic E-state index is -0.762. The number of nitrogens with zero attached hydrogens (tertiary/aromatic N) is 3. The van der Waals surface area contributed by atoms with Crippen molar-refractivity contribution in [1.29, 1.82) is 0 Å². The van der Waals surface area contributed by atoms with Gasteiger partial charge < -0.3 is 39.9 Å². The molecule has 30 heavy (non-hydrogen) atoms. The summed E-state index contributed by atoms with van der Waals surface area (Å²) < 4.78 is 0. The van der Waals surface area contributed by atoms with Gasteiger partial charge in [-0.15, -0.1) is 0 Å². The Balaban J connectivity index is -0.000000380. The number of hydrogen-bond donors (Lipinski definition) is 1. The van der Waals surface area contributed by atoms with Crippen molar-refractivity contribution in [3.05, 3.63) is 78.9 Å². The van der Waals surface area contributed by atoms with E-state index in [-0.39, 0.29) is 26.8 Å². The number of aliphatic carboxylic acids is 1. The fraction of sp³-hybridized carbons (Fsp3) is 0.0952. The summed E-state index contributed by atoms with van der Waals surface area (Å²) in [6, 6.07) is 15.2. The number of carbonyl (C=O) groups excluding carboxylic acids is 3. The van der Waals surface area contributed by atoms with Gasteiger partial charge in [-0.2, -0.15) is 0 Å². The first kappa shape index (κ1) is 31.3. The molecule has 0 atom stereocenters. The van der Waals surface area contributed by atoms with E-state index in [0.29, 0.717) is 6.42 Å². The number of hydrogen-bond acceptors (Lipinski definition) is 7. The second-order valence-electron chi connectivity index (χ2n) is 4.68. The molecule has 3 aromatic rings. The molecule has 156 valence electrons. The van der Waals surface area contributed by atoms with Crippen LogP contribution in [0.25, 0.3) is 11.4 Å². The fourth-order valence-electron chi connectivity index (χ4n) is 1.83. The van der Waals surface area contributed by atoms with Crippen molar-refractivity contribution in [3.63, 3.8) is 0 Å². The van der Waals surface area contributed by atoms with E-state index >= 15 is 0 Å². The summed E-state index contributed by atoms with van der Waals surface area (Å²) in [6.45, 7) is 13.5. The molecule has 3 aromatic heterocycles. The Kier molecular flexibility index (Phi) is 24.6. The van der Waals surface area contributed by atoms with Gasteiger partial charge >= 0.3 is 5.97 Å². The van der Waals surface area contributed by atoms with E-state index in [0.717, 1.165) is 17.0 Å². The zero-order valence-corrected chi connectivity index (χ0v) is 18.4.